The summed E-state index contributed by atoms with van der Waals surface area (Å²) >= 11 is 1.39. The molecule has 0 saturated carbocycles. The van der Waals surface area contributed by atoms with Crippen molar-refractivity contribution < 1.29 is 9.59 Å². The molecule has 1 aliphatic rings. The molecule has 1 aromatic carbocycles. The predicted molar refractivity (Wildman–Crippen MR) is 73.9 cm³/mol. The smallest absolute Gasteiger partial charge is 0.234 e. The molecular weight excluding hydrogens is 262 g/mol. The maximum Gasteiger partial charge on any atom is 0.234 e. The van der Waals surface area contributed by atoms with Crippen LogP contribution in [0, 0.1) is 0 Å². The second-order valence-electron chi connectivity index (χ2n) is 4.31. The Balaban J connectivity index is 1.87. The van der Waals surface area contributed by atoms with Crippen LogP contribution in [0.15, 0.2) is 29.6 Å². The molecule has 1 fully saturated rings. The summed E-state index contributed by atoms with van der Waals surface area (Å²) in [6, 6.07) is 7.39. The molecule has 1 saturated heterocycles. The Kier molecular flexibility index (Phi) is 2.79. The van der Waals surface area contributed by atoms with E-state index in [2.05, 4.69) is 4.98 Å². The van der Waals surface area contributed by atoms with Gasteiger partial charge in [-0.1, -0.05) is 12.1 Å². The molecule has 0 atom stereocenters. The number of carbonyl (C=O) groups excluding carboxylic acids is 2. The number of amides is 1. The molecule has 0 unspecified atom stereocenters. The number of benzene rings is 1. The fourth-order valence-electron chi connectivity index (χ4n) is 2.05. The summed E-state index contributed by atoms with van der Waals surface area (Å²) in [7, 11) is 0. The molecule has 2 N–H and O–H groups in total. The number of thiazole rings is 1. The number of Topliss-reactive ketones (excluding diaryl/α,β-unsaturated/α-hetero) is 1. The number of nitrogens with two attached hydrogens (primary N) is 1. The molecule has 0 spiro atoms. The Morgan fingerprint density at radius 3 is 2.47 bits per heavy atom. The first-order valence-electron chi connectivity index (χ1n) is 5.77. The summed E-state index contributed by atoms with van der Waals surface area (Å²) in [4.78, 5) is 28.6. The molecule has 1 aromatic heterocycles. The number of hydrogen-bond acceptors (Lipinski definition) is 5. The van der Waals surface area contributed by atoms with Gasteiger partial charge in [0, 0.05) is 16.6 Å². The number of ketones is 1. The highest BCUT2D eigenvalue weighted by Crippen LogP contribution is 2.26. The zero-order valence-electron chi connectivity index (χ0n) is 10.00. The van der Waals surface area contributed by atoms with Gasteiger partial charge in [0.2, 0.25) is 5.91 Å². The van der Waals surface area contributed by atoms with Gasteiger partial charge in [0.15, 0.2) is 10.9 Å². The third kappa shape index (κ3) is 2.22. The monoisotopic (exact) mass is 273 g/mol. The van der Waals surface area contributed by atoms with Crippen molar-refractivity contribution in [2.24, 2.45) is 0 Å². The van der Waals surface area contributed by atoms with Crippen LogP contribution >= 0.6 is 11.3 Å². The molecule has 2 aromatic rings. The van der Waals surface area contributed by atoms with Crippen molar-refractivity contribution in [1.29, 1.82) is 0 Å². The third-order valence-electron chi connectivity index (χ3n) is 2.98. The van der Waals surface area contributed by atoms with Gasteiger partial charge < -0.3 is 10.6 Å². The minimum Gasteiger partial charge on any atom is -0.375 e. The lowest BCUT2D eigenvalue weighted by Crippen LogP contribution is -2.24. The van der Waals surface area contributed by atoms with E-state index in [1.165, 1.54) is 16.2 Å². The van der Waals surface area contributed by atoms with Crippen molar-refractivity contribution >= 4 is 33.8 Å². The van der Waals surface area contributed by atoms with Crippen LogP contribution in [0.3, 0.4) is 0 Å². The number of carbonyl (C=O) groups is 2. The normalized spacial score (nSPS) is 15.3. The minimum atomic E-state index is -0.143. The lowest BCUT2D eigenvalue weighted by molar-refractivity contribution is -0.121. The number of rotatable bonds is 2. The molecule has 5 nitrogen and oxygen atoms in total. The number of nitrogens with zero attached hydrogens (tertiary/aromatic N) is 2. The highest BCUT2D eigenvalue weighted by atomic mass is 32.1. The fourth-order valence-corrected chi connectivity index (χ4v) is 2.62. The van der Waals surface area contributed by atoms with Crippen molar-refractivity contribution in [1.82, 2.24) is 4.98 Å². The van der Waals surface area contributed by atoms with Gasteiger partial charge in [-0.3, -0.25) is 9.59 Å². The molecule has 1 amide bonds. The first kappa shape index (κ1) is 11.9. The van der Waals surface area contributed by atoms with Crippen LogP contribution in [-0.4, -0.2) is 23.2 Å². The maximum atomic E-state index is 11.6. The molecule has 19 heavy (non-hydrogen) atoms. The Morgan fingerprint density at radius 2 is 1.95 bits per heavy atom. The van der Waals surface area contributed by atoms with Gasteiger partial charge in [0.1, 0.15) is 0 Å². The summed E-state index contributed by atoms with van der Waals surface area (Å²) in [5.41, 5.74) is 8.09. The fraction of sp³-hybridized carbons (Fsp3) is 0.154. The van der Waals surface area contributed by atoms with Crippen LogP contribution < -0.4 is 10.6 Å². The molecule has 6 heteroatoms. The zero-order chi connectivity index (χ0) is 13.4. The van der Waals surface area contributed by atoms with E-state index >= 15 is 0 Å². The van der Waals surface area contributed by atoms with Crippen molar-refractivity contribution in [2.45, 2.75) is 6.42 Å². The van der Waals surface area contributed by atoms with E-state index in [1.807, 2.05) is 29.6 Å². The van der Waals surface area contributed by atoms with Crippen LogP contribution in [0.5, 0.6) is 0 Å². The molecule has 1 aliphatic heterocycles. The summed E-state index contributed by atoms with van der Waals surface area (Å²) in [5.74, 6) is -0.183. The van der Waals surface area contributed by atoms with E-state index < -0.39 is 0 Å². The lowest BCUT2D eigenvalue weighted by atomic mass is 10.1. The SMILES string of the molecule is Nc1nc(-c2ccc(N3CC(=O)CC3=O)cc2)cs1. The van der Waals surface area contributed by atoms with Crippen LogP contribution in [-0.2, 0) is 9.59 Å². The third-order valence-corrected chi connectivity index (χ3v) is 3.65. The predicted octanol–water partition coefficient (Wildman–Crippen LogP) is 1.70. The first-order valence-corrected chi connectivity index (χ1v) is 6.65. The van der Waals surface area contributed by atoms with E-state index in [9.17, 15) is 9.59 Å². The van der Waals surface area contributed by atoms with Crippen LogP contribution in [0.25, 0.3) is 11.3 Å². The highest BCUT2D eigenvalue weighted by Gasteiger charge is 2.28. The lowest BCUT2D eigenvalue weighted by Gasteiger charge is -2.14. The number of hydrogen-bond donors (Lipinski definition) is 1. The standard InChI is InChI=1S/C13H11N3O2S/c14-13-15-11(7-19-13)8-1-3-9(4-2-8)16-6-10(17)5-12(16)18/h1-4,7H,5-6H2,(H2,14,15). The van der Waals surface area contributed by atoms with Crippen molar-refractivity contribution in [3.63, 3.8) is 0 Å². The second kappa shape index (κ2) is 4.47. The van der Waals surface area contributed by atoms with Crippen LogP contribution in [0.4, 0.5) is 10.8 Å². The van der Waals surface area contributed by atoms with Gasteiger partial charge in [0.25, 0.3) is 0 Å². The Bertz CT molecular complexity index is 648. The first-order chi connectivity index (χ1) is 9.13. The maximum absolute atomic E-state index is 11.6. The van der Waals surface area contributed by atoms with Gasteiger partial charge in [-0.25, -0.2) is 4.98 Å². The van der Waals surface area contributed by atoms with Crippen LogP contribution in [0.2, 0.25) is 0 Å². The molecule has 96 valence electrons. The van der Waals surface area contributed by atoms with E-state index in [4.69, 9.17) is 5.73 Å². The zero-order valence-corrected chi connectivity index (χ0v) is 10.8. The summed E-state index contributed by atoms with van der Waals surface area (Å²) in [6.45, 7) is 0.168. The van der Waals surface area contributed by atoms with Crippen molar-refractivity contribution in [2.75, 3.05) is 17.2 Å². The van der Waals surface area contributed by atoms with Crippen molar-refractivity contribution in [3.8, 4) is 11.3 Å². The summed E-state index contributed by atoms with van der Waals surface area (Å²) in [6.07, 6.45) is 0.00434. The van der Waals surface area contributed by atoms with E-state index in [0.717, 1.165) is 16.9 Å². The molecule has 0 bridgehead atoms. The summed E-state index contributed by atoms with van der Waals surface area (Å²) in [5, 5.41) is 2.41. The molecule has 0 radical (unpaired) electrons. The quantitative estimate of drug-likeness (QED) is 0.845. The largest absolute Gasteiger partial charge is 0.375 e. The molecule has 3 rings (SSSR count). The van der Waals surface area contributed by atoms with E-state index in [-0.39, 0.29) is 24.7 Å². The molecular formula is C13H11N3O2S. The average Bonchev–Trinajstić information content (AvgIpc) is 2.96. The van der Waals surface area contributed by atoms with Crippen molar-refractivity contribution in [3.05, 3.63) is 29.6 Å². The van der Waals surface area contributed by atoms with Gasteiger partial charge in [-0.15, -0.1) is 11.3 Å². The van der Waals surface area contributed by atoms with Gasteiger partial charge in [0.05, 0.1) is 18.7 Å². The molecule has 2 heterocycles. The minimum absolute atomic E-state index is 0.00434. The summed E-state index contributed by atoms with van der Waals surface area (Å²) < 4.78 is 0. The Morgan fingerprint density at radius 1 is 1.21 bits per heavy atom. The number of nitrogen functional groups attached to an aromatic ring is 1. The Labute approximate surface area is 113 Å². The van der Waals surface area contributed by atoms with E-state index in [0.29, 0.717) is 5.13 Å². The topological polar surface area (TPSA) is 76.3 Å². The average molecular weight is 273 g/mol. The van der Waals surface area contributed by atoms with Gasteiger partial charge in [-0.2, -0.15) is 0 Å². The Hall–Kier alpha value is -2.21. The number of anilines is 2. The van der Waals surface area contributed by atoms with Crippen LogP contribution in [0.1, 0.15) is 6.42 Å². The van der Waals surface area contributed by atoms with E-state index in [1.54, 1.807) is 0 Å². The van der Waals surface area contributed by atoms with Gasteiger partial charge in [-0.05, 0) is 12.1 Å². The molecule has 0 aliphatic carbocycles. The highest BCUT2D eigenvalue weighted by molar-refractivity contribution is 7.13. The van der Waals surface area contributed by atoms with Gasteiger partial charge >= 0.3 is 0 Å². The second-order valence-corrected chi connectivity index (χ2v) is 5.20. The number of aromatic nitrogens is 1.